The first-order valence-corrected chi connectivity index (χ1v) is 10.2. The fourth-order valence-corrected chi connectivity index (χ4v) is 3.80. The molecule has 1 aromatic carbocycles. The summed E-state index contributed by atoms with van der Waals surface area (Å²) in [6.45, 7) is 6.35. The van der Waals surface area contributed by atoms with Crippen LogP contribution >= 0.6 is 0 Å². The predicted molar refractivity (Wildman–Crippen MR) is 108 cm³/mol. The number of anilines is 1. The number of likely N-dealkylation sites (tertiary alicyclic amines) is 1. The minimum atomic E-state index is -0.134. The summed E-state index contributed by atoms with van der Waals surface area (Å²) < 4.78 is 0. The number of hydrogen-bond donors (Lipinski definition) is 1. The van der Waals surface area contributed by atoms with Crippen molar-refractivity contribution in [1.29, 1.82) is 0 Å². The third-order valence-corrected chi connectivity index (χ3v) is 5.43. The number of nitrogens with one attached hydrogen (secondary N) is 1. The second kappa shape index (κ2) is 9.68. The quantitative estimate of drug-likeness (QED) is 0.857. The maximum absolute atomic E-state index is 12.7. The first-order valence-electron chi connectivity index (χ1n) is 10.2. The Balaban J connectivity index is 1.47. The second-order valence-electron chi connectivity index (χ2n) is 7.62. The summed E-state index contributed by atoms with van der Waals surface area (Å²) in [4.78, 5) is 42.3. The zero-order valence-electron chi connectivity index (χ0n) is 16.7. The molecule has 152 valence electrons. The highest BCUT2D eigenvalue weighted by molar-refractivity contribution is 5.95. The monoisotopic (exact) mass is 386 g/mol. The fourth-order valence-electron chi connectivity index (χ4n) is 3.80. The highest BCUT2D eigenvalue weighted by Crippen LogP contribution is 2.14. The van der Waals surface area contributed by atoms with E-state index in [1.54, 1.807) is 24.3 Å². The van der Waals surface area contributed by atoms with Gasteiger partial charge >= 0.3 is 0 Å². The van der Waals surface area contributed by atoms with Gasteiger partial charge in [0, 0.05) is 57.4 Å². The van der Waals surface area contributed by atoms with Crippen molar-refractivity contribution in [2.75, 3.05) is 51.1 Å². The van der Waals surface area contributed by atoms with Crippen molar-refractivity contribution in [1.82, 2.24) is 14.7 Å². The maximum Gasteiger partial charge on any atom is 0.253 e. The molecule has 2 aliphatic rings. The molecule has 2 aliphatic heterocycles. The summed E-state index contributed by atoms with van der Waals surface area (Å²) in [5, 5.41) is 2.70. The van der Waals surface area contributed by atoms with E-state index in [0.717, 1.165) is 39.0 Å². The Morgan fingerprint density at radius 1 is 0.821 bits per heavy atom. The Morgan fingerprint density at radius 3 is 2.00 bits per heavy atom. The SMILES string of the molecule is CC(=O)Nc1ccc(C(=O)N2CCN(CC(=O)N3CCCCCC3)CC2)cc1. The van der Waals surface area contributed by atoms with E-state index in [0.29, 0.717) is 30.9 Å². The van der Waals surface area contributed by atoms with E-state index in [4.69, 9.17) is 0 Å². The number of hydrogen-bond acceptors (Lipinski definition) is 4. The molecule has 3 rings (SSSR count). The molecular weight excluding hydrogens is 356 g/mol. The molecule has 28 heavy (non-hydrogen) atoms. The van der Waals surface area contributed by atoms with E-state index >= 15 is 0 Å². The first-order chi connectivity index (χ1) is 13.5. The van der Waals surface area contributed by atoms with Gasteiger partial charge in [0.2, 0.25) is 11.8 Å². The largest absolute Gasteiger partial charge is 0.342 e. The van der Waals surface area contributed by atoms with Crippen molar-refractivity contribution in [3.63, 3.8) is 0 Å². The van der Waals surface area contributed by atoms with E-state index in [1.807, 2.05) is 9.80 Å². The van der Waals surface area contributed by atoms with Crippen LogP contribution in [0.2, 0.25) is 0 Å². The summed E-state index contributed by atoms with van der Waals surface area (Å²) in [6.07, 6.45) is 4.65. The van der Waals surface area contributed by atoms with Crippen LogP contribution in [0.5, 0.6) is 0 Å². The molecule has 0 atom stereocenters. The van der Waals surface area contributed by atoms with E-state index in [-0.39, 0.29) is 17.7 Å². The van der Waals surface area contributed by atoms with Crippen molar-refractivity contribution >= 4 is 23.4 Å². The molecule has 0 bridgehead atoms. The molecule has 3 amide bonds. The summed E-state index contributed by atoms with van der Waals surface area (Å²) in [6, 6.07) is 6.96. The van der Waals surface area contributed by atoms with Gasteiger partial charge in [-0.2, -0.15) is 0 Å². The van der Waals surface area contributed by atoms with Gasteiger partial charge in [0.25, 0.3) is 5.91 Å². The third kappa shape index (κ3) is 5.55. The lowest BCUT2D eigenvalue weighted by Gasteiger charge is -2.35. The van der Waals surface area contributed by atoms with Gasteiger partial charge in [-0.3, -0.25) is 19.3 Å². The lowest BCUT2D eigenvalue weighted by atomic mass is 10.1. The van der Waals surface area contributed by atoms with Gasteiger partial charge in [-0.15, -0.1) is 0 Å². The van der Waals surface area contributed by atoms with Crippen molar-refractivity contribution in [2.45, 2.75) is 32.6 Å². The molecule has 2 fully saturated rings. The Kier molecular flexibility index (Phi) is 7.03. The standard InChI is InChI=1S/C21H30N4O3/c1-17(26)22-19-8-6-18(7-9-19)21(28)25-14-12-23(13-15-25)16-20(27)24-10-4-2-3-5-11-24/h6-9H,2-5,10-16H2,1H3,(H,22,26). The van der Waals surface area contributed by atoms with Gasteiger partial charge in [-0.25, -0.2) is 0 Å². The second-order valence-corrected chi connectivity index (χ2v) is 7.62. The minimum Gasteiger partial charge on any atom is -0.342 e. The van der Waals surface area contributed by atoms with Crippen LogP contribution < -0.4 is 5.32 Å². The van der Waals surface area contributed by atoms with Crippen molar-refractivity contribution in [2.24, 2.45) is 0 Å². The Morgan fingerprint density at radius 2 is 1.43 bits per heavy atom. The Hall–Kier alpha value is -2.41. The van der Waals surface area contributed by atoms with E-state index < -0.39 is 0 Å². The van der Waals surface area contributed by atoms with Gasteiger partial charge < -0.3 is 15.1 Å². The molecule has 2 saturated heterocycles. The molecule has 7 heteroatoms. The topological polar surface area (TPSA) is 73.0 Å². The van der Waals surface area contributed by atoms with Gasteiger partial charge in [0.15, 0.2) is 0 Å². The summed E-state index contributed by atoms with van der Waals surface area (Å²) in [7, 11) is 0. The molecule has 0 unspecified atom stereocenters. The molecule has 1 N–H and O–H groups in total. The number of piperazine rings is 1. The van der Waals surface area contributed by atoms with Gasteiger partial charge in [0.05, 0.1) is 6.54 Å². The van der Waals surface area contributed by atoms with Crippen LogP contribution in [0.4, 0.5) is 5.69 Å². The number of carbonyl (C=O) groups is 3. The van der Waals surface area contributed by atoms with E-state index in [1.165, 1.54) is 19.8 Å². The van der Waals surface area contributed by atoms with Crippen LogP contribution in [-0.2, 0) is 9.59 Å². The van der Waals surface area contributed by atoms with Crippen LogP contribution in [0.25, 0.3) is 0 Å². The molecule has 0 radical (unpaired) electrons. The Bertz CT molecular complexity index is 688. The van der Waals surface area contributed by atoms with Crippen LogP contribution in [0.3, 0.4) is 0 Å². The molecule has 0 aromatic heterocycles. The molecule has 0 aliphatic carbocycles. The fraction of sp³-hybridized carbons (Fsp3) is 0.571. The predicted octanol–water partition coefficient (Wildman–Crippen LogP) is 1.81. The van der Waals surface area contributed by atoms with Crippen LogP contribution in [0, 0.1) is 0 Å². The van der Waals surface area contributed by atoms with Gasteiger partial charge in [0.1, 0.15) is 0 Å². The van der Waals surface area contributed by atoms with E-state index in [2.05, 4.69) is 10.2 Å². The highest BCUT2D eigenvalue weighted by Gasteiger charge is 2.25. The smallest absolute Gasteiger partial charge is 0.253 e. The van der Waals surface area contributed by atoms with Crippen molar-refractivity contribution in [3.05, 3.63) is 29.8 Å². The summed E-state index contributed by atoms with van der Waals surface area (Å²) in [5.74, 6) is 0.0769. The normalized spacial score (nSPS) is 18.5. The Labute approximate surface area is 166 Å². The van der Waals surface area contributed by atoms with Crippen molar-refractivity contribution < 1.29 is 14.4 Å². The zero-order chi connectivity index (χ0) is 19.9. The average molecular weight is 386 g/mol. The lowest BCUT2D eigenvalue weighted by Crippen LogP contribution is -2.51. The highest BCUT2D eigenvalue weighted by atomic mass is 16.2. The number of benzene rings is 1. The summed E-state index contributed by atoms with van der Waals surface area (Å²) >= 11 is 0. The molecule has 1 aromatic rings. The summed E-state index contributed by atoms with van der Waals surface area (Å²) in [5.41, 5.74) is 1.30. The van der Waals surface area contributed by atoms with Crippen LogP contribution in [0.1, 0.15) is 43.0 Å². The minimum absolute atomic E-state index is 0.00660. The maximum atomic E-state index is 12.7. The lowest BCUT2D eigenvalue weighted by molar-refractivity contribution is -0.132. The van der Waals surface area contributed by atoms with Crippen LogP contribution in [0.15, 0.2) is 24.3 Å². The molecular formula is C21H30N4O3. The first kappa shape index (κ1) is 20.3. The van der Waals surface area contributed by atoms with E-state index in [9.17, 15) is 14.4 Å². The molecule has 0 saturated carbocycles. The average Bonchev–Trinajstić information content (AvgIpc) is 2.98. The number of carbonyl (C=O) groups excluding carboxylic acids is 3. The van der Waals surface area contributed by atoms with Gasteiger partial charge in [-0.1, -0.05) is 12.8 Å². The number of nitrogens with zero attached hydrogens (tertiary/aromatic N) is 3. The molecule has 0 spiro atoms. The molecule has 2 heterocycles. The zero-order valence-corrected chi connectivity index (χ0v) is 16.7. The third-order valence-electron chi connectivity index (χ3n) is 5.43. The van der Waals surface area contributed by atoms with Gasteiger partial charge in [-0.05, 0) is 37.1 Å². The van der Waals surface area contributed by atoms with Crippen LogP contribution in [-0.4, -0.2) is 78.2 Å². The number of rotatable bonds is 4. The van der Waals surface area contributed by atoms with Crippen molar-refractivity contribution in [3.8, 4) is 0 Å². The molecule has 7 nitrogen and oxygen atoms in total. The number of amides is 3.